The molecular weight excluding hydrogens is 367 g/mol. The molecule has 0 fully saturated rings. The van der Waals surface area contributed by atoms with Crippen LogP contribution >= 0.6 is 0 Å². The SMILES string of the molecule is O=C(NCCc1ccc(F)cc1)C(=O)N(Cc1ccccc1)Cc1ccccc1. The molecule has 0 aromatic heterocycles. The van der Waals surface area contributed by atoms with Crippen LogP contribution in [0.3, 0.4) is 0 Å². The zero-order chi connectivity index (χ0) is 20.5. The first-order chi connectivity index (χ1) is 14.1. The van der Waals surface area contributed by atoms with Gasteiger partial charge in [0.05, 0.1) is 0 Å². The van der Waals surface area contributed by atoms with Crippen LogP contribution < -0.4 is 5.32 Å². The van der Waals surface area contributed by atoms with Crippen LogP contribution in [0.15, 0.2) is 84.9 Å². The van der Waals surface area contributed by atoms with Crippen LogP contribution in [0, 0.1) is 5.82 Å². The molecule has 0 unspecified atom stereocenters. The van der Waals surface area contributed by atoms with Gasteiger partial charge >= 0.3 is 11.8 Å². The molecule has 3 rings (SSSR count). The van der Waals surface area contributed by atoms with Gasteiger partial charge in [-0.25, -0.2) is 4.39 Å². The van der Waals surface area contributed by atoms with E-state index in [0.717, 1.165) is 16.7 Å². The van der Waals surface area contributed by atoms with Crippen molar-refractivity contribution in [3.63, 3.8) is 0 Å². The molecule has 0 atom stereocenters. The average molecular weight is 390 g/mol. The first-order valence-corrected chi connectivity index (χ1v) is 9.51. The highest BCUT2D eigenvalue weighted by Gasteiger charge is 2.22. The Morgan fingerprint density at radius 3 is 1.76 bits per heavy atom. The van der Waals surface area contributed by atoms with Crippen molar-refractivity contribution in [1.82, 2.24) is 10.2 Å². The smallest absolute Gasteiger partial charge is 0.312 e. The number of nitrogens with one attached hydrogen (secondary N) is 1. The minimum atomic E-state index is -0.640. The summed E-state index contributed by atoms with van der Waals surface area (Å²) >= 11 is 0. The Bertz CT molecular complexity index is 887. The number of rotatable bonds is 7. The van der Waals surface area contributed by atoms with E-state index in [4.69, 9.17) is 0 Å². The molecule has 0 saturated heterocycles. The predicted octanol–water partition coefficient (Wildman–Crippen LogP) is 3.71. The molecule has 3 aromatic rings. The zero-order valence-electron chi connectivity index (χ0n) is 16.1. The Hall–Kier alpha value is -3.47. The monoisotopic (exact) mass is 390 g/mol. The first-order valence-electron chi connectivity index (χ1n) is 9.51. The molecule has 0 aliphatic rings. The lowest BCUT2D eigenvalue weighted by Crippen LogP contribution is -2.42. The zero-order valence-corrected chi connectivity index (χ0v) is 16.1. The largest absolute Gasteiger partial charge is 0.347 e. The van der Waals surface area contributed by atoms with Gasteiger partial charge < -0.3 is 10.2 Å². The summed E-state index contributed by atoms with van der Waals surface area (Å²) in [5.74, 6) is -1.51. The fraction of sp³-hybridized carbons (Fsp3) is 0.167. The van der Waals surface area contributed by atoms with Crippen molar-refractivity contribution < 1.29 is 14.0 Å². The Morgan fingerprint density at radius 1 is 0.724 bits per heavy atom. The highest BCUT2D eigenvalue weighted by Crippen LogP contribution is 2.11. The summed E-state index contributed by atoms with van der Waals surface area (Å²) in [4.78, 5) is 26.8. The normalized spacial score (nSPS) is 10.4. The van der Waals surface area contributed by atoms with E-state index < -0.39 is 11.8 Å². The number of amides is 2. The number of benzene rings is 3. The minimum absolute atomic E-state index is 0.301. The summed E-state index contributed by atoms with van der Waals surface area (Å²) in [5, 5.41) is 2.67. The minimum Gasteiger partial charge on any atom is -0.347 e. The van der Waals surface area contributed by atoms with Crippen LogP contribution in [0.2, 0.25) is 0 Å². The topological polar surface area (TPSA) is 49.4 Å². The summed E-state index contributed by atoms with van der Waals surface area (Å²) in [6.45, 7) is 1.00. The number of nitrogens with zero attached hydrogens (tertiary/aromatic N) is 1. The number of hydrogen-bond donors (Lipinski definition) is 1. The lowest BCUT2D eigenvalue weighted by molar-refractivity contribution is -0.146. The molecule has 1 N–H and O–H groups in total. The quantitative estimate of drug-likeness (QED) is 0.625. The first kappa shape index (κ1) is 20.3. The summed E-state index contributed by atoms with van der Waals surface area (Å²) < 4.78 is 13.0. The molecule has 2 amide bonds. The standard InChI is InChI=1S/C24H23FN2O2/c25-22-13-11-19(12-14-22)15-16-26-23(28)24(29)27(17-20-7-3-1-4-8-20)18-21-9-5-2-6-10-21/h1-14H,15-18H2,(H,26,28). The van der Waals surface area contributed by atoms with E-state index in [2.05, 4.69) is 5.32 Å². The van der Waals surface area contributed by atoms with Crippen molar-refractivity contribution in [2.45, 2.75) is 19.5 Å². The highest BCUT2D eigenvalue weighted by atomic mass is 19.1. The van der Waals surface area contributed by atoms with E-state index in [0.29, 0.717) is 26.1 Å². The molecule has 0 aliphatic heterocycles. The van der Waals surface area contributed by atoms with Gasteiger partial charge in [0.15, 0.2) is 0 Å². The summed E-state index contributed by atoms with van der Waals surface area (Å²) in [7, 11) is 0. The Morgan fingerprint density at radius 2 is 1.24 bits per heavy atom. The lowest BCUT2D eigenvalue weighted by atomic mass is 10.1. The van der Waals surface area contributed by atoms with E-state index in [1.54, 1.807) is 12.1 Å². The van der Waals surface area contributed by atoms with Crippen LogP contribution in [0.4, 0.5) is 4.39 Å². The maximum Gasteiger partial charge on any atom is 0.312 e. The maximum absolute atomic E-state index is 13.0. The second kappa shape index (κ2) is 10.2. The van der Waals surface area contributed by atoms with Gasteiger partial charge in [-0.2, -0.15) is 0 Å². The molecule has 4 nitrogen and oxygen atoms in total. The van der Waals surface area contributed by atoms with Crippen molar-refractivity contribution in [2.75, 3.05) is 6.54 Å². The van der Waals surface area contributed by atoms with Crippen LogP contribution in [0.1, 0.15) is 16.7 Å². The third-order valence-electron chi connectivity index (χ3n) is 4.53. The van der Waals surface area contributed by atoms with Crippen LogP contribution in [-0.2, 0) is 29.1 Å². The van der Waals surface area contributed by atoms with Crippen molar-refractivity contribution in [3.8, 4) is 0 Å². The average Bonchev–Trinajstić information content (AvgIpc) is 2.75. The van der Waals surface area contributed by atoms with Gasteiger partial charge in [0.25, 0.3) is 0 Å². The predicted molar refractivity (Wildman–Crippen MR) is 110 cm³/mol. The van der Waals surface area contributed by atoms with Crippen molar-refractivity contribution in [3.05, 3.63) is 107 Å². The Kier molecular flexibility index (Phi) is 7.11. The molecule has 0 heterocycles. The molecule has 0 saturated carbocycles. The Labute approximate surface area is 170 Å². The molecule has 0 spiro atoms. The highest BCUT2D eigenvalue weighted by molar-refractivity contribution is 6.34. The van der Waals surface area contributed by atoms with Gasteiger partial charge in [0, 0.05) is 19.6 Å². The van der Waals surface area contributed by atoms with Crippen molar-refractivity contribution in [1.29, 1.82) is 0 Å². The molecule has 29 heavy (non-hydrogen) atoms. The second-order valence-corrected chi connectivity index (χ2v) is 6.76. The van der Waals surface area contributed by atoms with E-state index in [1.807, 2.05) is 60.7 Å². The molecule has 3 aromatic carbocycles. The van der Waals surface area contributed by atoms with Gasteiger partial charge in [-0.3, -0.25) is 9.59 Å². The van der Waals surface area contributed by atoms with Crippen molar-refractivity contribution in [2.24, 2.45) is 0 Å². The lowest BCUT2D eigenvalue weighted by Gasteiger charge is -2.22. The fourth-order valence-corrected chi connectivity index (χ4v) is 3.00. The molecule has 0 aliphatic carbocycles. The van der Waals surface area contributed by atoms with E-state index in [9.17, 15) is 14.0 Å². The summed E-state index contributed by atoms with van der Waals surface area (Å²) in [6.07, 6.45) is 0.524. The van der Waals surface area contributed by atoms with Gasteiger partial charge in [-0.05, 0) is 35.2 Å². The molecular formula is C24H23FN2O2. The number of halogens is 1. The van der Waals surface area contributed by atoms with Crippen LogP contribution in [-0.4, -0.2) is 23.3 Å². The van der Waals surface area contributed by atoms with E-state index in [1.165, 1.54) is 17.0 Å². The maximum atomic E-state index is 13.0. The molecule has 0 bridgehead atoms. The Balaban J connectivity index is 1.62. The second-order valence-electron chi connectivity index (χ2n) is 6.76. The van der Waals surface area contributed by atoms with Gasteiger partial charge in [0.2, 0.25) is 0 Å². The van der Waals surface area contributed by atoms with Crippen molar-refractivity contribution >= 4 is 11.8 Å². The third-order valence-corrected chi connectivity index (χ3v) is 4.53. The van der Waals surface area contributed by atoms with E-state index >= 15 is 0 Å². The van der Waals surface area contributed by atoms with Crippen LogP contribution in [0.25, 0.3) is 0 Å². The van der Waals surface area contributed by atoms with Gasteiger partial charge in [0.1, 0.15) is 5.82 Å². The van der Waals surface area contributed by atoms with Gasteiger partial charge in [-0.15, -0.1) is 0 Å². The fourth-order valence-electron chi connectivity index (χ4n) is 3.00. The molecule has 148 valence electrons. The summed E-state index contributed by atoms with van der Waals surface area (Å²) in [6, 6.07) is 25.3. The number of carbonyl (C=O) groups is 2. The third kappa shape index (κ3) is 6.28. The van der Waals surface area contributed by atoms with E-state index in [-0.39, 0.29) is 5.82 Å². The number of hydrogen-bond acceptors (Lipinski definition) is 2. The molecule has 0 radical (unpaired) electrons. The van der Waals surface area contributed by atoms with Gasteiger partial charge in [-0.1, -0.05) is 72.8 Å². The molecule has 5 heteroatoms. The number of carbonyl (C=O) groups excluding carboxylic acids is 2. The summed E-state index contributed by atoms with van der Waals surface area (Å²) in [5.41, 5.74) is 2.80. The van der Waals surface area contributed by atoms with Crippen LogP contribution in [0.5, 0.6) is 0 Å².